The predicted octanol–water partition coefficient (Wildman–Crippen LogP) is 4.70. The maximum absolute atomic E-state index is 14.5. The van der Waals surface area contributed by atoms with Crippen LogP contribution in [0.1, 0.15) is 6.92 Å². The number of ether oxygens (including phenoxy) is 2. The molecule has 0 atom stereocenters. The fraction of sp³-hybridized carbons (Fsp3) is 0.263. The summed E-state index contributed by atoms with van der Waals surface area (Å²) < 4.78 is 148. The van der Waals surface area contributed by atoms with Crippen molar-refractivity contribution in [1.82, 2.24) is 0 Å². The first-order valence-corrected chi connectivity index (χ1v) is 8.93. The van der Waals surface area contributed by atoms with Crippen molar-refractivity contribution in [3.05, 3.63) is 47.0 Å². The zero-order valence-electron chi connectivity index (χ0n) is 16.4. The Morgan fingerprint density at radius 1 is 1.00 bits per heavy atom. The van der Waals surface area contributed by atoms with E-state index in [4.69, 9.17) is 0 Å². The number of hydrogen-bond acceptors (Lipinski definition) is 4. The van der Waals surface area contributed by atoms with Crippen molar-refractivity contribution in [2.75, 3.05) is 18.1 Å². The minimum atomic E-state index is -4.85. The SMILES string of the molecule is CCOC(=O)C(F)(F)CN1C(=O)C(F)(F)Oc2cc(F)c(-c3c(F)c(F)c(F)c(F)c3F)cc21. The number of rotatable bonds is 5. The van der Waals surface area contributed by atoms with E-state index in [1.54, 1.807) is 0 Å². The number of carbonyl (C=O) groups excluding carboxylic acids is 2. The van der Waals surface area contributed by atoms with Crippen LogP contribution in [0, 0.1) is 34.9 Å². The molecule has 1 amide bonds. The van der Waals surface area contributed by atoms with Crippen LogP contribution in [0.4, 0.5) is 49.6 Å². The standard InChI is InChI=1S/C19H9F10NO4/c1-2-33-17(32)18(26,27)5-30-8-3-6(7(20)4-9(8)34-19(28,29)16(30)31)10-11(21)13(23)15(25)14(24)12(10)22/h3-4H,2,5H2,1H3. The highest BCUT2D eigenvalue weighted by Gasteiger charge is 2.55. The highest BCUT2D eigenvalue weighted by atomic mass is 19.3. The fourth-order valence-electron chi connectivity index (χ4n) is 2.97. The summed E-state index contributed by atoms with van der Waals surface area (Å²) in [7, 11) is 0. The Labute approximate surface area is 182 Å². The van der Waals surface area contributed by atoms with Crippen molar-refractivity contribution in [1.29, 1.82) is 0 Å². The number of halogens is 10. The molecule has 0 saturated carbocycles. The van der Waals surface area contributed by atoms with Crippen LogP contribution in [-0.4, -0.2) is 37.1 Å². The van der Waals surface area contributed by atoms with Crippen LogP contribution in [0.3, 0.4) is 0 Å². The average molecular weight is 505 g/mol. The van der Waals surface area contributed by atoms with Crippen molar-refractivity contribution in [3.8, 4) is 16.9 Å². The van der Waals surface area contributed by atoms with Gasteiger partial charge in [0.05, 0.1) is 17.9 Å². The van der Waals surface area contributed by atoms with Crippen molar-refractivity contribution >= 4 is 17.6 Å². The Hall–Kier alpha value is -3.52. The van der Waals surface area contributed by atoms with Crippen LogP contribution in [0.5, 0.6) is 5.75 Å². The van der Waals surface area contributed by atoms with Gasteiger partial charge in [-0.3, -0.25) is 9.69 Å². The lowest BCUT2D eigenvalue weighted by Crippen LogP contribution is -2.55. The number of nitrogens with zero attached hydrogens (tertiary/aromatic N) is 1. The third kappa shape index (κ3) is 3.98. The quantitative estimate of drug-likeness (QED) is 0.256. The van der Waals surface area contributed by atoms with Crippen LogP contribution >= 0.6 is 0 Å². The zero-order valence-corrected chi connectivity index (χ0v) is 16.4. The molecule has 5 nitrogen and oxygen atoms in total. The van der Waals surface area contributed by atoms with E-state index in [0.717, 1.165) is 6.92 Å². The number of hydrogen-bond donors (Lipinski definition) is 0. The molecule has 2 aromatic rings. The van der Waals surface area contributed by atoms with Gasteiger partial charge in [0.2, 0.25) is 5.82 Å². The largest absolute Gasteiger partial charge is 0.482 e. The highest BCUT2D eigenvalue weighted by Crippen LogP contribution is 2.45. The van der Waals surface area contributed by atoms with Crippen molar-refractivity contribution in [2.24, 2.45) is 0 Å². The maximum Gasteiger partial charge on any atom is 0.482 e. The fourth-order valence-corrected chi connectivity index (χ4v) is 2.97. The lowest BCUT2D eigenvalue weighted by molar-refractivity contribution is -0.194. The lowest BCUT2D eigenvalue weighted by atomic mass is 10.0. The molecule has 0 N–H and O–H groups in total. The first-order chi connectivity index (χ1) is 15.6. The molecule has 0 radical (unpaired) electrons. The maximum atomic E-state index is 14.5. The van der Waals surface area contributed by atoms with Gasteiger partial charge >= 0.3 is 23.9 Å². The first kappa shape index (κ1) is 25.1. The summed E-state index contributed by atoms with van der Waals surface area (Å²) in [5, 5.41) is 0. The van der Waals surface area contributed by atoms with Crippen LogP contribution in [0.15, 0.2) is 12.1 Å². The highest BCUT2D eigenvalue weighted by molar-refractivity contribution is 6.02. The van der Waals surface area contributed by atoms with Gasteiger partial charge < -0.3 is 9.47 Å². The Kier molecular flexibility index (Phi) is 6.17. The Bertz CT molecular complexity index is 1170. The van der Waals surface area contributed by atoms with Gasteiger partial charge in [0.25, 0.3) is 0 Å². The van der Waals surface area contributed by atoms with Crippen LogP contribution in [0.25, 0.3) is 11.1 Å². The van der Waals surface area contributed by atoms with E-state index in [1.807, 2.05) is 0 Å². The molecule has 0 unspecified atom stereocenters. The lowest BCUT2D eigenvalue weighted by Gasteiger charge is -2.35. The van der Waals surface area contributed by atoms with E-state index < -0.39 is 99.4 Å². The van der Waals surface area contributed by atoms with Crippen molar-refractivity contribution in [3.63, 3.8) is 0 Å². The molecule has 1 aliphatic heterocycles. The molecule has 0 saturated heterocycles. The summed E-state index contributed by atoms with van der Waals surface area (Å²) in [6.45, 7) is -1.55. The molecule has 2 aromatic carbocycles. The van der Waals surface area contributed by atoms with E-state index >= 15 is 0 Å². The molecule has 1 heterocycles. The van der Waals surface area contributed by atoms with Gasteiger partial charge in [-0.15, -0.1) is 0 Å². The van der Waals surface area contributed by atoms with E-state index in [1.165, 1.54) is 0 Å². The second-order valence-corrected chi connectivity index (χ2v) is 6.68. The number of fused-ring (bicyclic) bond motifs is 1. The number of amides is 1. The summed E-state index contributed by atoms with van der Waals surface area (Å²) >= 11 is 0. The zero-order chi connectivity index (χ0) is 25.7. The van der Waals surface area contributed by atoms with E-state index in [2.05, 4.69) is 9.47 Å². The summed E-state index contributed by atoms with van der Waals surface area (Å²) in [6.07, 6.45) is -4.85. The number of anilines is 1. The van der Waals surface area contributed by atoms with Gasteiger partial charge in [0, 0.05) is 11.6 Å². The van der Waals surface area contributed by atoms with Gasteiger partial charge in [0.1, 0.15) is 12.4 Å². The third-order valence-corrected chi connectivity index (χ3v) is 4.48. The first-order valence-electron chi connectivity index (χ1n) is 8.93. The predicted molar refractivity (Wildman–Crippen MR) is 91.1 cm³/mol. The molecule has 0 aliphatic carbocycles. The molecule has 3 rings (SSSR count). The van der Waals surface area contributed by atoms with Gasteiger partial charge in [0.15, 0.2) is 29.0 Å². The molecule has 1 aliphatic rings. The van der Waals surface area contributed by atoms with Gasteiger partial charge in [-0.2, -0.15) is 17.6 Å². The molecular formula is C19H9F10NO4. The minimum absolute atomic E-state index is 0.0431. The minimum Gasteiger partial charge on any atom is -0.462 e. The number of carbonyl (C=O) groups is 2. The molecule has 184 valence electrons. The summed E-state index contributed by atoms with van der Waals surface area (Å²) in [5.74, 6) is -25.2. The average Bonchev–Trinajstić information content (AvgIpc) is 2.75. The summed E-state index contributed by atoms with van der Waals surface area (Å²) in [6, 6.07) is 0.0376. The van der Waals surface area contributed by atoms with Crippen LogP contribution < -0.4 is 9.64 Å². The van der Waals surface area contributed by atoms with Crippen LogP contribution in [-0.2, 0) is 14.3 Å². The molecular weight excluding hydrogens is 496 g/mol. The molecule has 0 fully saturated rings. The second-order valence-electron chi connectivity index (χ2n) is 6.68. The van der Waals surface area contributed by atoms with E-state index in [9.17, 15) is 53.5 Å². The molecule has 34 heavy (non-hydrogen) atoms. The normalized spacial score (nSPS) is 15.1. The molecule has 15 heteroatoms. The van der Waals surface area contributed by atoms with Crippen LogP contribution in [0.2, 0.25) is 0 Å². The summed E-state index contributed by atoms with van der Waals surface area (Å²) in [5.41, 5.74) is -4.53. The number of esters is 1. The Morgan fingerprint density at radius 2 is 1.53 bits per heavy atom. The second kappa shape index (κ2) is 8.36. The number of benzene rings is 2. The smallest absolute Gasteiger partial charge is 0.462 e. The molecule has 0 aromatic heterocycles. The third-order valence-electron chi connectivity index (χ3n) is 4.48. The topological polar surface area (TPSA) is 55.8 Å². The molecule has 0 spiro atoms. The van der Waals surface area contributed by atoms with E-state index in [-0.39, 0.29) is 12.1 Å². The Morgan fingerprint density at radius 3 is 2.06 bits per heavy atom. The summed E-state index contributed by atoms with van der Waals surface area (Å²) in [4.78, 5) is 23.0. The van der Waals surface area contributed by atoms with Gasteiger partial charge in [-0.25, -0.2) is 31.1 Å². The van der Waals surface area contributed by atoms with Gasteiger partial charge in [-0.1, -0.05) is 0 Å². The monoisotopic (exact) mass is 505 g/mol. The van der Waals surface area contributed by atoms with Crippen molar-refractivity contribution in [2.45, 2.75) is 19.0 Å². The van der Waals surface area contributed by atoms with E-state index in [0.29, 0.717) is 0 Å². The molecule has 0 bridgehead atoms. The van der Waals surface area contributed by atoms with Crippen molar-refractivity contribution < 1.29 is 63.0 Å². The van der Waals surface area contributed by atoms with Gasteiger partial charge in [-0.05, 0) is 13.0 Å². The Balaban J connectivity index is 2.24. The number of alkyl halides is 4.